The number of carboxylic acids is 1. The van der Waals surface area contributed by atoms with E-state index in [2.05, 4.69) is 57.8 Å². The first-order valence-corrected chi connectivity index (χ1v) is 33.4. The molecule has 10 atom stereocenters. The summed E-state index contributed by atoms with van der Waals surface area (Å²) in [7, 11) is 0. The lowest BCUT2D eigenvalue weighted by atomic mass is 10.0. The summed E-state index contributed by atoms with van der Waals surface area (Å²) in [5.41, 5.74) is 74.0. The molecule has 546 valence electrons. The third-order valence-electron chi connectivity index (χ3n) is 15.2. The van der Waals surface area contributed by atoms with Gasteiger partial charge < -0.3 is 127 Å². The third kappa shape index (κ3) is 41.1. The Morgan fingerprint density at radius 1 is 0.274 bits per heavy atom. The van der Waals surface area contributed by atoms with Gasteiger partial charge in [-0.15, -0.1) is 0 Å². The molecule has 0 heterocycles. The maximum atomic E-state index is 14.6. The molecule has 0 unspecified atom stereocenters. The minimum atomic E-state index is -1.58. The fraction of sp³-hybridized carbons (Fsp3) is 0.780. The second-order valence-electron chi connectivity index (χ2n) is 23.4. The molecule has 0 saturated carbocycles. The first-order chi connectivity index (χ1) is 45.3. The highest BCUT2D eigenvalue weighted by Gasteiger charge is 2.36. The number of carbonyl (C=O) groups is 11. The number of guanidine groups is 2. The van der Waals surface area contributed by atoms with E-state index in [1.54, 1.807) is 0 Å². The molecular formula is C59H118N24O12. The molecule has 36 N–H and O–H groups in total. The van der Waals surface area contributed by atoms with E-state index in [4.69, 9.17) is 74.5 Å². The van der Waals surface area contributed by atoms with Crippen molar-refractivity contribution in [3.63, 3.8) is 0 Å². The zero-order valence-electron chi connectivity index (χ0n) is 55.6. The van der Waals surface area contributed by atoms with E-state index >= 15 is 0 Å². The quantitative estimate of drug-likeness (QED) is 0.0153. The molecule has 0 aliphatic heterocycles. The van der Waals surface area contributed by atoms with Gasteiger partial charge in [0.25, 0.3) is 0 Å². The van der Waals surface area contributed by atoms with Crippen LogP contribution in [0.3, 0.4) is 0 Å². The van der Waals surface area contributed by atoms with Crippen LogP contribution in [0, 0.1) is 0 Å². The summed E-state index contributed by atoms with van der Waals surface area (Å²) in [5.74, 6) is -9.98. The van der Waals surface area contributed by atoms with E-state index in [0.717, 1.165) is 0 Å². The fourth-order valence-corrected chi connectivity index (χ4v) is 9.76. The normalized spacial score (nSPS) is 14.2. The van der Waals surface area contributed by atoms with Gasteiger partial charge in [0.1, 0.15) is 54.4 Å². The van der Waals surface area contributed by atoms with Crippen LogP contribution in [0.15, 0.2) is 9.98 Å². The summed E-state index contributed by atoms with van der Waals surface area (Å²) in [4.78, 5) is 160. The van der Waals surface area contributed by atoms with E-state index in [9.17, 15) is 57.8 Å². The molecule has 0 saturated heterocycles. The molecule has 0 radical (unpaired) electrons. The number of hydrogen-bond acceptors (Lipinski definition) is 21. The zero-order chi connectivity index (χ0) is 71.5. The number of nitrogens with two attached hydrogens (primary N) is 13. The van der Waals surface area contributed by atoms with Crippen LogP contribution in [-0.2, 0) is 52.7 Å². The minimum absolute atomic E-state index is 0.00697. The van der Waals surface area contributed by atoms with Crippen molar-refractivity contribution in [3.8, 4) is 0 Å². The van der Waals surface area contributed by atoms with Crippen LogP contribution in [0.1, 0.15) is 173 Å². The van der Waals surface area contributed by atoms with Crippen molar-refractivity contribution in [2.45, 2.75) is 234 Å². The van der Waals surface area contributed by atoms with Gasteiger partial charge in [0.2, 0.25) is 59.1 Å². The summed E-state index contributed by atoms with van der Waals surface area (Å²) in [6.45, 7) is 1.94. The predicted molar refractivity (Wildman–Crippen MR) is 362 cm³/mol. The van der Waals surface area contributed by atoms with Gasteiger partial charge in [-0.2, -0.15) is 0 Å². The average Bonchev–Trinajstić information content (AvgIpc) is 0.995. The van der Waals surface area contributed by atoms with E-state index in [0.29, 0.717) is 103 Å². The molecule has 0 rings (SSSR count). The number of amides is 10. The van der Waals surface area contributed by atoms with Crippen molar-refractivity contribution in [1.29, 1.82) is 0 Å². The summed E-state index contributed by atoms with van der Waals surface area (Å²) >= 11 is 0. The molecule has 0 spiro atoms. The van der Waals surface area contributed by atoms with Crippen LogP contribution in [0.5, 0.6) is 0 Å². The zero-order valence-corrected chi connectivity index (χ0v) is 55.6. The molecule has 0 aromatic carbocycles. The van der Waals surface area contributed by atoms with Crippen LogP contribution in [0.4, 0.5) is 0 Å². The number of primary amides is 1. The molecule has 0 aromatic heterocycles. The Labute approximate surface area is 558 Å². The highest BCUT2D eigenvalue weighted by Crippen LogP contribution is 2.14. The number of hydrogen-bond donors (Lipinski definition) is 23. The lowest BCUT2D eigenvalue weighted by Crippen LogP contribution is -2.60. The first kappa shape index (κ1) is 87.4. The summed E-state index contributed by atoms with van der Waals surface area (Å²) in [6.07, 6.45) is 5.53. The molecule has 0 aliphatic carbocycles. The number of carbonyl (C=O) groups excluding carboxylic acids is 10. The van der Waals surface area contributed by atoms with Crippen molar-refractivity contribution < 1.29 is 57.8 Å². The van der Waals surface area contributed by atoms with E-state index in [1.807, 2.05) is 0 Å². The Kier molecular flexibility index (Phi) is 49.3. The molecule has 0 aromatic rings. The number of aliphatic imine (C=N–C) groups is 2. The van der Waals surface area contributed by atoms with E-state index in [1.165, 1.54) is 0 Å². The summed E-state index contributed by atoms with van der Waals surface area (Å²) < 4.78 is 0. The summed E-state index contributed by atoms with van der Waals surface area (Å²) in [5, 5.41) is 33.8. The van der Waals surface area contributed by atoms with Crippen LogP contribution in [-0.4, -0.2) is 201 Å². The SMILES string of the molecule is NCCCC[C@H](NC(=O)[C@H](CCCN=C(N)N)NC(=O)[C@H](CCCCN)NC(=O)[C@H](CCCCN)NC(=O)[C@H](CCC(N)=O)NC(=O)[C@H](CCCCN)NC(=O)[C@H](CCCCN)NC(=O)[C@H](CCCN=C(N)N)NC(=O)[C@H](CCCCN)NC(=O)[C@@H](N)CCCCN)C(=O)O. The summed E-state index contributed by atoms with van der Waals surface area (Å²) in [6, 6.07) is -13.2. The molecule has 0 fully saturated rings. The fourth-order valence-electron chi connectivity index (χ4n) is 9.76. The number of unbranched alkanes of at least 4 members (excludes halogenated alkanes) is 7. The van der Waals surface area contributed by atoms with Crippen molar-refractivity contribution in [2.24, 2.45) is 84.5 Å². The lowest BCUT2D eigenvalue weighted by Gasteiger charge is -2.28. The predicted octanol–water partition coefficient (Wildman–Crippen LogP) is -6.96. The van der Waals surface area contributed by atoms with Crippen molar-refractivity contribution in [2.75, 3.05) is 58.9 Å². The Hall–Kier alpha value is -7.61. The Morgan fingerprint density at radius 3 is 0.695 bits per heavy atom. The topological polar surface area (TPSA) is 679 Å². The Bertz CT molecular complexity index is 2350. The first-order valence-electron chi connectivity index (χ1n) is 33.4. The molecule has 0 bridgehead atoms. The van der Waals surface area contributed by atoms with Crippen molar-refractivity contribution in [1.82, 2.24) is 47.9 Å². The van der Waals surface area contributed by atoms with E-state index in [-0.39, 0.29) is 128 Å². The average molecular weight is 1360 g/mol. The highest BCUT2D eigenvalue weighted by molar-refractivity contribution is 5.98. The van der Waals surface area contributed by atoms with Crippen molar-refractivity contribution >= 4 is 77.0 Å². The van der Waals surface area contributed by atoms with Gasteiger partial charge in [0.15, 0.2) is 11.9 Å². The van der Waals surface area contributed by atoms with Gasteiger partial charge in [-0.25, -0.2) is 4.79 Å². The Balaban J connectivity index is 7.28. The van der Waals surface area contributed by atoms with Gasteiger partial charge >= 0.3 is 5.97 Å². The molecule has 10 amide bonds. The Morgan fingerprint density at radius 2 is 0.474 bits per heavy atom. The second kappa shape index (κ2) is 53.6. The maximum absolute atomic E-state index is 14.6. The van der Waals surface area contributed by atoms with Gasteiger partial charge in [-0.3, -0.25) is 57.9 Å². The number of rotatable bonds is 58. The lowest BCUT2D eigenvalue weighted by molar-refractivity contribution is -0.142. The van der Waals surface area contributed by atoms with Crippen LogP contribution in [0.2, 0.25) is 0 Å². The molecule has 95 heavy (non-hydrogen) atoms. The van der Waals surface area contributed by atoms with Crippen LogP contribution >= 0.6 is 0 Å². The molecular weight excluding hydrogens is 1240 g/mol. The van der Waals surface area contributed by atoms with E-state index < -0.39 is 138 Å². The largest absolute Gasteiger partial charge is 0.480 e. The molecule has 0 aliphatic rings. The van der Waals surface area contributed by atoms with Crippen LogP contribution in [0.25, 0.3) is 0 Å². The smallest absolute Gasteiger partial charge is 0.326 e. The number of nitrogens with zero attached hydrogens (tertiary/aromatic N) is 2. The molecule has 36 nitrogen and oxygen atoms in total. The standard InChI is InChI=1S/C59H118N24O12/c60-28-8-1-17-37(67)48(85)75-38(18-2-9-29-61)49(86)80-43(24-15-35-73-58(69)70)54(91)78-39(19-3-10-30-62)50(87)77-42(22-6-13-33-65)53(90)82-45(26-27-47(68)84)56(93)79-41(21-5-12-32-64)51(88)76-40(20-4-11-31-63)52(89)81-44(25-16-36-74-59(71)72)55(92)83-46(57(94)95)23-7-14-34-66/h37-46H,1-36,60-67H2,(H2,68,84)(H,75,85)(H,76,88)(H,77,87)(H,78,91)(H,79,93)(H,80,86)(H,81,89)(H,82,90)(H,83,92)(H,94,95)(H4,69,70,73)(H4,71,72,74)/t37-,38-,39-,40-,41-,42-,43-,44-,45-,46-/m0/s1. The monoisotopic (exact) mass is 1350 g/mol. The third-order valence-corrected chi connectivity index (χ3v) is 15.2. The minimum Gasteiger partial charge on any atom is -0.480 e. The van der Waals surface area contributed by atoms with Gasteiger partial charge in [-0.05, 0) is 206 Å². The van der Waals surface area contributed by atoms with Crippen LogP contribution < -0.4 is 122 Å². The van der Waals surface area contributed by atoms with Gasteiger partial charge in [-0.1, -0.05) is 6.42 Å². The number of aliphatic carboxylic acids is 1. The second-order valence-corrected chi connectivity index (χ2v) is 23.4. The molecule has 36 heteroatoms. The number of carboxylic acid groups (broad SMARTS) is 1. The highest BCUT2D eigenvalue weighted by atomic mass is 16.4. The van der Waals surface area contributed by atoms with Gasteiger partial charge in [0.05, 0.1) is 6.04 Å². The number of nitrogens with one attached hydrogen (secondary N) is 9. The van der Waals surface area contributed by atoms with Gasteiger partial charge in [0, 0.05) is 19.5 Å². The van der Waals surface area contributed by atoms with Crippen molar-refractivity contribution in [3.05, 3.63) is 0 Å². The maximum Gasteiger partial charge on any atom is 0.326 e.